The molecule has 0 amide bonds. The number of aromatic nitrogens is 4. The molecule has 3 heterocycles. The first-order chi connectivity index (χ1) is 17.1. The summed E-state index contributed by atoms with van der Waals surface area (Å²) < 4.78 is 31.2. The van der Waals surface area contributed by atoms with Crippen LogP contribution in [-0.4, -0.2) is 77.0 Å². The zero-order chi connectivity index (χ0) is 26.0. The van der Waals surface area contributed by atoms with Gasteiger partial charge in [0, 0.05) is 0 Å². The number of nitrogens with zero attached hydrogens (tertiary/aromatic N) is 4. The number of hydrogen-bond acceptors (Lipinski definition) is 13. The van der Waals surface area contributed by atoms with Gasteiger partial charge in [-0.15, -0.1) is 0 Å². The summed E-state index contributed by atoms with van der Waals surface area (Å²) in [4.78, 5) is 23.2. The molecule has 1 aromatic carbocycles. The van der Waals surface area contributed by atoms with Gasteiger partial charge in [-0.3, -0.25) is 24.6 Å². The number of nitrogen functional groups attached to an aromatic ring is 1. The van der Waals surface area contributed by atoms with Crippen LogP contribution in [0.5, 0.6) is 5.75 Å². The number of anilines is 2. The van der Waals surface area contributed by atoms with Gasteiger partial charge in [0.15, 0.2) is 23.2 Å². The molecule has 4 rings (SSSR count). The summed E-state index contributed by atoms with van der Waals surface area (Å²) in [5, 5.41) is 42.0. The fraction of sp³-hybridized carbons (Fsp3) is 0.368. The Morgan fingerprint density at radius 3 is 2.67 bits per heavy atom. The van der Waals surface area contributed by atoms with Gasteiger partial charge in [-0.25, -0.2) is 9.55 Å². The highest BCUT2D eigenvalue weighted by molar-refractivity contribution is 7.52. The summed E-state index contributed by atoms with van der Waals surface area (Å²) in [5.41, 5.74) is 7.71. The van der Waals surface area contributed by atoms with Gasteiger partial charge >= 0.3 is 13.7 Å². The third kappa shape index (κ3) is 5.24. The van der Waals surface area contributed by atoms with Gasteiger partial charge in [0.25, 0.3) is 0 Å². The van der Waals surface area contributed by atoms with Crippen molar-refractivity contribution in [2.24, 2.45) is 0 Å². The minimum absolute atomic E-state index is 0.0817. The van der Waals surface area contributed by atoms with Crippen molar-refractivity contribution in [3.8, 4) is 5.75 Å². The van der Waals surface area contributed by atoms with Gasteiger partial charge in [0.2, 0.25) is 5.95 Å². The van der Waals surface area contributed by atoms with Crippen molar-refractivity contribution in [1.82, 2.24) is 24.6 Å². The lowest BCUT2D eigenvalue weighted by Gasteiger charge is -2.24. The van der Waals surface area contributed by atoms with Crippen LogP contribution in [0.3, 0.4) is 0 Å². The van der Waals surface area contributed by atoms with Crippen LogP contribution in [-0.2, 0) is 18.6 Å². The molecule has 0 spiro atoms. The number of carboxylic acid groups (broad SMARTS) is 1. The SMILES string of the molecule is C[C@H](N[P@@](=O)(OC[C@H]1O[C@@H](n2cnc3c(NO)nc(N)nc32)[C@H](O)[C@@H]1O)Oc1ccccc1)C(=O)O. The number of carboxylic acids is 1. The van der Waals surface area contributed by atoms with Crippen molar-refractivity contribution in [2.45, 2.75) is 37.5 Å². The van der Waals surface area contributed by atoms with Crippen molar-refractivity contribution in [1.29, 1.82) is 0 Å². The van der Waals surface area contributed by atoms with Crippen molar-refractivity contribution in [3.63, 3.8) is 0 Å². The van der Waals surface area contributed by atoms with E-state index in [2.05, 4.69) is 20.0 Å². The zero-order valence-electron chi connectivity index (χ0n) is 18.7. The Labute approximate surface area is 203 Å². The maximum absolute atomic E-state index is 13.3. The minimum Gasteiger partial charge on any atom is -0.480 e. The Hall–Kier alpha value is -3.37. The van der Waals surface area contributed by atoms with Gasteiger partial charge in [-0.1, -0.05) is 18.2 Å². The van der Waals surface area contributed by atoms with Crippen molar-refractivity contribution < 1.29 is 43.7 Å². The fourth-order valence-corrected chi connectivity index (χ4v) is 4.98. The number of imidazole rings is 1. The van der Waals surface area contributed by atoms with Crippen LogP contribution in [0.4, 0.5) is 11.8 Å². The van der Waals surface area contributed by atoms with Gasteiger partial charge in [0.1, 0.15) is 30.1 Å². The third-order valence-corrected chi connectivity index (χ3v) is 6.90. The highest BCUT2D eigenvalue weighted by atomic mass is 31.2. The van der Waals surface area contributed by atoms with Gasteiger partial charge in [-0.2, -0.15) is 15.1 Å². The van der Waals surface area contributed by atoms with E-state index in [0.717, 1.165) is 0 Å². The van der Waals surface area contributed by atoms with E-state index in [1.807, 2.05) is 5.48 Å². The van der Waals surface area contributed by atoms with Crippen LogP contribution in [0.25, 0.3) is 11.2 Å². The number of aliphatic hydroxyl groups is 2. The molecule has 0 saturated carbocycles. The van der Waals surface area contributed by atoms with E-state index in [1.165, 1.54) is 30.0 Å². The molecule has 1 aliphatic heterocycles. The molecular formula is C19H24N7O9P. The number of hydrogen-bond donors (Lipinski definition) is 7. The lowest BCUT2D eigenvalue weighted by molar-refractivity contribution is -0.138. The second-order valence-corrected chi connectivity index (χ2v) is 9.49. The normalized spacial score (nSPS) is 24.3. The number of aliphatic carboxylic acids is 1. The van der Waals surface area contributed by atoms with Crippen LogP contribution < -0.4 is 20.8 Å². The van der Waals surface area contributed by atoms with E-state index in [1.54, 1.807) is 18.2 Å². The smallest absolute Gasteiger partial charge is 0.459 e. The molecule has 17 heteroatoms. The van der Waals surface area contributed by atoms with E-state index in [0.29, 0.717) is 0 Å². The standard InChI is InChI=1S/C19H24N7O9P/c1-9(18(29)30)25-36(32,35-10-5-3-2-4-6-10)33-7-11-13(27)14(28)17(34-11)26-8-21-12-15(24-31)22-19(20)23-16(12)26/h2-6,8-9,11,13-14,17,27-28,31H,7H2,1H3,(H,25,32)(H,29,30)(H3,20,22,23,24)/t9-,11+,13+,14+,17+,36+/m0/s1. The Balaban J connectivity index is 1.53. The molecule has 1 saturated heterocycles. The number of rotatable bonds is 10. The summed E-state index contributed by atoms with van der Waals surface area (Å²) in [6.45, 7) is 0.700. The third-order valence-electron chi connectivity index (χ3n) is 5.26. The van der Waals surface area contributed by atoms with Gasteiger partial charge in [0.05, 0.1) is 12.9 Å². The largest absolute Gasteiger partial charge is 0.480 e. The molecule has 1 fully saturated rings. The lowest BCUT2D eigenvalue weighted by atomic mass is 10.1. The van der Waals surface area contributed by atoms with E-state index in [4.69, 9.17) is 19.5 Å². The molecule has 0 unspecified atom stereocenters. The minimum atomic E-state index is -4.28. The van der Waals surface area contributed by atoms with E-state index in [9.17, 15) is 29.9 Å². The lowest BCUT2D eigenvalue weighted by Crippen LogP contribution is -2.36. The number of aliphatic hydroxyl groups excluding tert-OH is 2. The summed E-state index contributed by atoms with van der Waals surface area (Å²) in [5.74, 6) is -1.44. The Morgan fingerprint density at radius 1 is 1.28 bits per heavy atom. The number of carbonyl (C=O) groups is 1. The summed E-state index contributed by atoms with van der Waals surface area (Å²) in [6.07, 6.45) is -4.21. The molecule has 1 aliphatic rings. The average Bonchev–Trinajstić information content (AvgIpc) is 3.38. The predicted molar refractivity (Wildman–Crippen MR) is 122 cm³/mol. The van der Waals surface area contributed by atoms with Crippen LogP contribution in [0.15, 0.2) is 36.7 Å². The summed E-state index contributed by atoms with van der Waals surface area (Å²) >= 11 is 0. The second-order valence-electron chi connectivity index (χ2n) is 7.80. The Morgan fingerprint density at radius 2 is 2.00 bits per heavy atom. The number of nitrogens with two attached hydrogens (primary N) is 1. The van der Waals surface area contributed by atoms with E-state index < -0.39 is 50.9 Å². The summed E-state index contributed by atoms with van der Waals surface area (Å²) in [6, 6.07) is 6.63. The molecule has 194 valence electrons. The molecular weight excluding hydrogens is 501 g/mol. The predicted octanol–water partition coefficient (Wildman–Crippen LogP) is 0.0952. The molecule has 0 aliphatic carbocycles. The number of benzene rings is 1. The number of fused-ring (bicyclic) bond motifs is 1. The summed E-state index contributed by atoms with van der Waals surface area (Å²) in [7, 11) is -4.28. The van der Waals surface area contributed by atoms with Gasteiger partial charge < -0.3 is 30.3 Å². The van der Waals surface area contributed by atoms with Crippen LogP contribution >= 0.6 is 7.75 Å². The van der Waals surface area contributed by atoms with Crippen LogP contribution in [0, 0.1) is 0 Å². The maximum atomic E-state index is 13.3. The Kier molecular flexibility index (Phi) is 7.37. The average molecular weight is 525 g/mol. The Bertz CT molecular complexity index is 1280. The fourth-order valence-electron chi connectivity index (χ4n) is 3.47. The first-order valence-corrected chi connectivity index (χ1v) is 12.1. The van der Waals surface area contributed by atoms with E-state index in [-0.39, 0.29) is 28.7 Å². The second kappa shape index (κ2) is 10.3. The molecule has 6 atom stereocenters. The zero-order valence-corrected chi connectivity index (χ0v) is 19.6. The number of para-hydroxylation sites is 1. The van der Waals surface area contributed by atoms with Crippen LogP contribution in [0.1, 0.15) is 13.2 Å². The van der Waals surface area contributed by atoms with Crippen LogP contribution in [0.2, 0.25) is 0 Å². The molecule has 8 N–H and O–H groups in total. The topological polar surface area (TPSA) is 236 Å². The van der Waals surface area contributed by atoms with E-state index >= 15 is 0 Å². The molecule has 0 bridgehead atoms. The molecule has 0 radical (unpaired) electrons. The quantitative estimate of drug-likeness (QED) is 0.137. The molecule has 3 aromatic rings. The highest BCUT2D eigenvalue weighted by Crippen LogP contribution is 2.46. The molecule has 16 nitrogen and oxygen atoms in total. The number of nitrogens with one attached hydrogen (secondary N) is 2. The highest BCUT2D eigenvalue weighted by Gasteiger charge is 2.46. The molecule has 2 aromatic heterocycles. The monoisotopic (exact) mass is 525 g/mol. The van der Waals surface area contributed by atoms with Crippen molar-refractivity contribution in [2.75, 3.05) is 17.8 Å². The first-order valence-electron chi connectivity index (χ1n) is 10.5. The molecule has 36 heavy (non-hydrogen) atoms. The first kappa shape index (κ1) is 25.7. The van der Waals surface area contributed by atoms with Gasteiger partial charge in [-0.05, 0) is 19.1 Å². The van der Waals surface area contributed by atoms with Crippen molar-refractivity contribution in [3.05, 3.63) is 36.7 Å². The van der Waals surface area contributed by atoms with Crippen molar-refractivity contribution >= 4 is 36.6 Å². The maximum Gasteiger partial charge on any atom is 0.459 e. The number of ether oxygens (including phenoxy) is 1.